The van der Waals surface area contributed by atoms with Crippen molar-refractivity contribution < 1.29 is 37.4 Å². The van der Waals surface area contributed by atoms with Crippen molar-refractivity contribution in [1.82, 2.24) is 0 Å². The molecular formula is C20H17F3N2O5. The molecule has 1 atom stereocenters. The lowest BCUT2D eigenvalue weighted by Crippen LogP contribution is -2.47. The van der Waals surface area contributed by atoms with Crippen molar-refractivity contribution in [1.29, 1.82) is 0 Å². The highest BCUT2D eigenvalue weighted by Crippen LogP contribution is 2.37. The van der Waals surface area contributed by atoms with Gasteiger partial charge in [0.1, 0.15) is 17.9 Å². The Balaban J connectivity index is 1.83. The Morgan fingerprint density at radius 2 is 1.90 bits per heavy atom. The number of alkyl halides is 3. The lowest BCUT2D eigenvalue weighted by molar-refractivity contribution is -0.137. The minimum Gasteiger partial charge on any atom is -0.507 e. The van der Waals surface area contributed by atoms with Gasteiger partial charge < -0.3 is 15.2 Å². The first-order valence-electron chi connectivity index (χ1n) is 8.80. The van der Waals surface area contributed by atoms with Gasteiger partial charge in [-0.15, -0.1) is 0 Å². The predicted molar refractivity (Wildman–Crippen MR) is 100 cm³/mol. The first-order chi connectivity index (χ1) is 14.0. The summed E-state index contributed by atoms with van der Waals surface area (Å²) in [7, 11) is 0. The molecule has 2 aromatic carbocycles. The summed E-state index contributed by atoms with van der Waals surface area (Å²) in [5, 5.41) is 12.2. The molecule has 0 aromatic heterocycles. The molecule has 3 rings (SSSR count). The van der Waals surface area contributed by atoms with E-state index in [9.17, 15) is 32.7 Å². The van der Waals surface area contributed by atoms with Gasteiger partial charge in [-0.1, -0.05) is 6.07 Å². The summed E-state index contributed by atoms with van der Waals surface area (Å²) in [5.41, 5.74) is -0.544. The lowest BCUT2D eigenvalue weighted by Gasteiger charge is -2.31. The fraction of sp³-hybridized carbons (Fsp3) is 0.250. The van der Waals surface area contributed by atoms with Crippen LogP contribution in [0.5, 0.6) is 5.75 Å². The molecule has 0 spiro atoms. The molecule has 2 aromatic rings. The Bertz CT molecular complexity index is 1040. The second-order valence-corrected chi connectivity index (χ2v) is 6.77. The van der Waals surface area contributed by atoms with E-state index < -0.39 is 42.2 Å². The number of aryl methyl sites for hydroxylation is 1. The van der Waals surface area contributed by atoms with Crippen LogP contribution in [0.1, 0.15) is 28.4 Å². The smallest absolute Gasteiger partial charge is 0.416 e. The molecule has 1 unspecified atom stereocenters. The Kier molecular flexibility index (Phi) is 5.43. The number of amides is 2. The zero-order valence-electron chi connectivity index (χ0n) is 15.9. The van der Waals surface area contributed by atoms with E-state index in [1.165, 1.54) is 19.1 Å². The highest BCUT2D eigenvalue weighted by atomic mass is 19.4. The van der Waals surface area contributed by atoms with Gasteiger partial charge in [-0.3, -0.25) is 14.5 Å². The molecule has 0 fully saturated rings. The van der Waals surface area contributed by atoms with E-state index in [-0.39, 0.29) is 22.7 Å². The molecule has 10 heteroatoms. The van der Waals surface area contributed by atoms with E-state index in [2.05, 4.69) is 5.32 Å². The second-order valence-electron chi connectivity index (χ2n) is 6.77. The van der Waals surface area contributed by atoms with Gasteiger partial charge in [0.2, 0.25) is 5.91 Å². The number of esters is 1. The fourth-order valence-corrected chi connectivity index (χ4v) is 2.97. The SMILES string of the molecule is Cc1ccc(C(=O)OC(C)C(=O)N2CC(=O)Nc3cc(C(F)(F)F)ccc32)c(O)c1. The molecule has 30 heavy (non-hydrogen) atoms. The summed E-state index contributed by atoms with van der Waals surface area (Å²) in [6.07, 6.45) is -5.98. The van der Waals surface area contributed by atoms with Gasteiger partial charge in [-0.2, -0.15) is 13.2 Å². The Labute approximate surface area is 169 Å². The third kappa shape index (κ3) is 4.22. The molecule has 0 aliphatic carbocycles. The normalized spacial score (nSPS) is 14.6. The van der Waals surface area contributed by atoms with E-state index >= 15 is 0 Å². The molecule has 0 radical (unpaired) electrons. The number of fused-ring (bicyclic) bond motifs is 1. The summed E-state index contributed by atoms with van der Waals surface area (Å²) in [5.74, 6) is -2.76. The number of phenolic OH excluding ortho intramolecular Hbond substituents is 1. The van der Waals surface area contributed by atoms with Crippen LogP contribution in [0.2, 0.25) is 0 Å². The topological polar surface area (TPSA) is 95.9 Å². The number of nitrogens with zero attached hydrogens (tertiary/aromatic N) is 1. The van der Waals surface area contributed by atoms with Gasteiger partial charge in [0.05, 0.1) is 16.9 Å². The zero-order chi connectivity index (χ0) is 22.2. The van der Waals surface area contributed by atoms with Gasteiger partial charge >= 0.3 is 12.1 Å². The number of halogens is 3. The molecule has 2 N–H and O–H groups in total. The van der Waals surface area contributed by atoms with Crippen molar-refractivity contribution >= 4 is 29.2 Å². The maximum Gasteiger partial charge on any atom is 0.416 e. The highest BCUT2D eigenvalue weighted by molar-refractivity contribution is 6.11. The van der Waals surface area contributed by atoms with Crippen molar-refractivity contribution in [3.05, 3.63) is 53.1 Å². The van der Waals surface area contributed by atoms with Gasteiger partial charge in [-0.05, 0) is 49.7 Å². The van der Waals surface area contributed by atoms with Crippen LogP contribution in [0.25, 0.3) is 0 Å². The van der Waals surface area contributed by atoms with E-state index in [1.54, 1.807) is 13.0 Å². The number of hydrogen-bond acceptors (Lipinski definition) is 5. The monoisotopic (exact) mass is 422 g/mol. The van der Waals surface area contributed by atoms with Crippen molar-refractivity contribution in [3.8, 4) is 5.75 Å². The summed E-state index contributed by atoms with van der Waals surface area (Å²) < 4.78 is 43.9. The van der Waals surface area contributed by atoms with Crippen LogP contribution in [-0.2, 0) is 20.5 Å². The van der Waals surface area contributed by atoms with Gasteiger partial charge in [0, 0.05) is 0 Å². The molecule has 0 saturated heterocycles. The van der Waals surface area contributed by atoms with Crippen molar-refractivity contribution in [2.45, 2.75) is 26.1 Å². The molecule has 0 saturated carbocycles. The molecule has 1 heterocycles. The molecular weight excluding hydrogens is 405 g/mol. The zero-order valence-corrected chi connectivity index (χ0v) is 15.9. The largest absolute Gasteiger partial charge is 0.507 e. The molecule has 1 aliphatic rings. The maximum absolute atomic E-state index is 12.9. The van der Waals surface area contributed by atoms with Crippen molar-refractivity contribution in [2.75, 3.05) is 16.8 Å². The van der Waals surface area contributed by atoms with Gasteiger partial charge in [0.25, 0.3) is 5.91 Å². The highest BCUT2D eigenvalue weighted by Gasteiger charge is 2.35. The number of nitrogens with one attached hydrogen (secondary N) is 1. The third-order valence-electron chi connectivity index (χ3n) is 4.46. The minimum absolute atomic E-state index is 0.0497. The molecule has 2 amide bonds. The minimum atomic E-state index is -4.62. The number of aromatic hydroxyl groups is 1. The van der Waals surface area contributed by atoms with Crippen LogP contribution in [0.4, 0.5) is 24.5 Å². The average Bonchev–Trinajstić information content (AvgIpc) is 2.65. The Morgan fingerprint density at radius 3 is 2.53 bits per heavy atom. The third-order valence-corrected chi connectivity index (χ3v) is 4.46. The van der Waals surface area contributed by atoms with Gasteiger partial charge in [0.15, 0.2) is 6.10 Å². The van der Waals surface area contributed by atoms with Crippen LogP contribution >= 0.6 is 0 Å². The molecule has 0 bridgehead atoms. The van der Waals surface area contributed by atoms with Crippen LogP contribution in [0.3, 0.4) is 0 Å². The standard InChI is InChI=1S/C20H17F3N2O5/c1-10-3-5-13(16(26)7-10)19(29)30-11(2)18(28)25-9-17(27)24-14-8-12(20(21,22)23)4-6-15(14)25/h3-8,11,26H,9H2,1-2H3,(H,24,27). The average molecular weight is 422 g/mol. The number of carbonyl (C=O) groups is 3. The fourth-order valence-electron chi connectivity index (χ4n) is 2.97. The predicted octanol–water partition coefficient (Wildman–Crippen LogP) is 3.25. The van der Waals surface area contributed by atoms with Crippen molar-refractivity contribution in [3.63, 3.8) is 0 Å². The molecule has 7 nitrogen and oxygen atoms in total. The van der Waals surface area contributed by atoms with Crippen LogP contribution in [0.15, 0.2) is 36.4 Å². The summed E-state index contributed by atoms with van der Waals surface area (Å²) in [6.45, 7) is 2.53. The van der Waals surface area contributed by atoms with Crippen LogP contribution in [-0.4, -0.2) is 35.5 Å². The molecule has 158 valence electrons. The van der Waals surface area contributed by atoms with Crippen LogP contribution < -0.4 is 10.2 Å². The van der Waals surface area contributed by atoms with E-state index in [0.717, 1.165) is 23.1 Å². The number of anilines is 2. The number of benzene rings is 2. The quantitative estimate of drug-likeness (QED) is 0.741. The first-order valence-corrected chi connectivity index (χ1v) is 8.80. The van der Waals surface area contributed by atoms with E-state index in [4.69, 9.17) is 4.74 Å². The number of rotatable bonds is 3. The lowest BCUT2D eigenvalue weighted by atomic mass is 10.1. The summed E-state index contributed by atoms with van der Waals surface area (Å²) in [4.78, 5) is 37.9. The van der Waals surface area contributed by atoms with Crippen LogP contribution in [0, 0.1) is 6.92 Å². The number of ether oxygens (including phenoxy) is 1. The Morgan fingerprint density at radius 1 is 1.20 bits per heavy atom. The first kappa shape index (κ1) is 21.2. The second kappa shape index (κ2) is 7.69. The number of hydrogen-bond donors (Lipinski definition) is 2. The Hall–Kier alpha value is -3.56. The van der Waals surface area contributed by atoms with E-state index in [1.807, 2.05) is 0 Å². The summed E-state index contributed by atoms with van der Waals surface area (Å²) >= 11 is 0. The maximum atomic E-state index is 12.9. The number of carbonyl (C=O) groups excluding carboxylic acids is 3. The van der Waals surface area contributed by atoms with E-state index in [0.29, 0.717) is 5.56 Å². The summed E-state index contributed by atoms with van der Waals surface area (Å²) in [6, 6.07) is 6.85. The molecule has 1 aliphatic heterocycles. The van der Waals surface area contributed by atoms with Crippen molar-refractivity contribution in [2.24, 2.45) is 0 Å². The number of phenols is 1. The van der Waals surface area contributed by atoms with Gasteiger partial charge in [-0.25, -0.2) is 4.79 Å².